The summed E-state index contributed by atoms with van der Waals surface area (Å²) >= 11 is 0. The van der Waals surface area contributed by atoms with Crippen LogP contribution in [-0.2, 0) is 11.2 Å². The van der Waals surface area contributed by atoms with Gasteiger partial charge in [0, 0.05) is 6.54 Å². The third kappa shape index (κ3) is 7.03. The molecular formula is C14H22ClNO3. The molecule has 0 amide bonds. The predicted octanol–water partition coefficient (Wildman–Crippen LogP) is 2.46. The maximum absolute atomic E-state index is 10.5. The average molecular weight is 288 g/mol. The van der Waals surface area contributed by atoms with Gasteiger partial charge < -0.3 is 14.7 Å². The highest BCUT2D eigenvalue weighted by Gasteiger charge is 2.02. The first-order valence-corrected chi connectivity index (χ1v) is 6.31. The molecule has 1 N–H and O–H groups in total. The minimum atomic E-state index is -0.815. The SMILES string of the molecule is CCN(CC)CCOc1ccc(CC(=O)O)cc1.Cl. The van der Waals surface area contributed by atoms with Crippen LogP contribution < -0.4 is 4.74 Å². The zero-order chi connectivity index (χ0) is 13.4. The van der Waals surface area contributed by atoms with Gasteiger partial charge in [0.05, 0.1) is 6.42 Å². The van der Waals surface area contributed by atoms with Crippen molar-refractivity contribution in [3.8, 4) is 5.75 Å². The lowest BCUT2D eigenvalue weighted by Crippen LogP contribution is -2.27. The number of ether oxygens (including phenoxy) is 1. The smallest absolute Gasteiger partial charge is 0.307 e. The molecule has 0 radical (unpaired) electrons. The highest BCUT2D eigenvalue weighted by Crippen LogP contribution is 2.12. The Morgan fingerprint density at radius 1 is 1.21 bits per heavy atom. The van der Waals surface area contributed by atoms with Crippen molar-refractivity contribution >= 4 is 18.4 Å². The van der Waals surface area contributed by atoms with Crippen molar-refractivity contribution in [2.24, 2.45) is 0 Å². The quantitative estimate of drug-likeness (QED) is 0.798. The summed E-state index contributed by atoms with van der Waals surface area (Å²) in [7, 11) is 0. The third-order valence-corrected chi connectivity index (χ3v) is 2.85. The van der Waals surface area contributed by atoms with Gasteiger partial charge in [-0.15, -0.1) is 12.4 Å². The van der Waals surface area contributed by atoms with E-state index in [1.165, 1.54) is 0 Å². The molecule has 0 heterocycles. The Balaban J connectivity index is 0.00000324. The Kier molecular flexibility index (Phi) is 9.00. The number of carboxylic acid groups (broad SMARTS) is 1. The highest BCUT2D eigenvalue weighted by atomic mass is 35.5. The fraction of sp³-hybridized carbons (Fsp3) is 0.500. The number of rotatable bonds is 8. The van der Waals surface area contributed by atoms with E-state index in [0.29, 0.717) is 6.61 Å². The van der Waals surface area contributed by atoms with Crippen molar-refractivity contribution in [3.05, 3.63) is 29.8 Å². The predicted molar refractivity (Wildman–Crippen MR) is 78.3 cm³/mol. The Labute approximate surface area is 120 Å². The largest absolute Gasteiger partial charge is 0.492 e. The minimum absolute atomic E-state index is 0. The maximum atomic E-state index is 10.5. The molecule has 0 aromatic heterocycles. The van der Waals surface area contributed by atoms with Crippen LogP contribution in [0.15, 0.2) is 24.3 Å². The van der Waals surface area contributed by atoms with Crippen LogP contribution in [0.4, 0.5) is 0 Å². The van der Waals surface area contributed by atoms with Crippen LogP contribution in [-0.4, -0.2) is 42.2 Å². The Morgan fingerprint density at radius 3 is 2.26 bits per heavy atom. The molecule has 0 saturated heterocycles. The Morgan fingerprint density at radius 2 is 1.79 bits per heavy atom. The Bertz CT molecular complexity index is 363. The number of benzene rings is 1. The summed E-state index contributed by atoms with van der Waals surface area (Å²) in [6, 6.07) is 7.22. The number of halogens is 1. The molecule has 0 saturated carbocycles. The lowest BCUT2D eigenvalue weighted by atomic mass is 10.1. The van der Waals surface area contributed by atoms with Gasteiger partial charge in [-0.2, -0.15) is 0 Å². The number of hydrogen-bond acceptors (Lipinski definition) is 3. The lowest BCUT2D eigenvalue weighted by Gasteiger charge is -2.18. The first-order chi connectivity index (χ1) is 8.65. The van der Waals surface area contributed by atoms with Gasteiger partial charge in [-0.05, 0) is 30.8 Å². The molecule has 0 unspecified atom stereocenters. The van der Waals surface area contributed by atoms with E-state index in [1.54, 1.807) is 12.1 Å². The fourth-order valence-electron chi connectivity index (χ4n) is 1.71. The molecule has 0 spiro atoms. The second kappa shape index (κ2) is 9.64. The number of hydrogen-bond donors (Lipinski definition) is 1. The topological polar surface area (TPSA) is 49.8 Å². The molecule has 0 aliphatic carbocycles. The number of likely N-dealkylation sites (N-methyl/N-ethyl adjacent to an activating group) is 1. The van der Waals surface area contributed by atoms with E-state index < -0.39 is 5.97 Å². The van der Waals surface area contributed by atoms with E-state index in [9.17, 15) is 4.79 Å². The van der Waals surface area contributed by atoms with Gasteiger partial charge in [-0.3, -0.25) is 4.79 Å². The first kappa shape index (κ1) is 17.7. The van der Waals surface area contributed by atoms with E-state index in [1.807, 2.05) is 12.1 Å². The zero-order valence-electron chi connectivity index (χ0n) is 11.5. The molecule has 5 heteroatoms. The van der Waals surface area contributed by atoms with E-state index in [0.717, 1.165) is 30.9 Å². The van der Waals surface area contributed by atoms with Crippen LogP contribution in [0.1, 0.15) is 19.4 Å². The van der Waals surface area contributed by atoms with Crippen molar-refractivity contribution in [2.75, 3.05) is 26.2 Å². The lowest BCUT2D eigenvalue weighted by molar-refractivity contribution is -0.136. The van der Waals surface area contributed by atoms with Gasteiger partial charge in [-0.1, -0.05) is 26.0 Å². The molecule has 1 aromatic rings. The van der Waals surface area contributed by atoms with E-state index in [4.69, 9.17) is 9.84 Å². The zero-order valence-corrected chi connectivity index (χ0v) is 12.3. The van der Waals surface area contributed by atoms with Crippen LogP contribution in [0.3, 0.4) is 0 Å². The summed E-state index contributed by atoms with van der Waals surface area (Å²) < 4.78 is 5.61. The molecular weight excluding hydrogens is 266 g/mol. The van der Waals surface area contributed by atoms with Crippen molar-refractivity contribution in [2.45, 2.75) is 20.3 Å². The van der Waals surface area contributed by atoms with E-state index >= 15 is 0 Å². The van der Waals surface area contributed by atoms with Crippen molar-refractivity contribution in [1.29, 1.82) is 0 Å². The van der Waals surface area contributed by atoms with E-state index in [2.05, 4.69) is 18.7 Å². The van der Waals surface area contributed by atoms with Crippen LogP contribution in [0.2, 0.25) is 0 Å². The van der Waals surface area contributed by atoms with Gasteiger partial charge in [0.15, 0.2) is 0 Å². The first-order valence-electron chi connectivity index (χ1n) is 6.31. The van der Waals surface area contributed by atoms with Crippen LogP contribution in [0.5, 0.6) is 5.75 Å². The summed E-state index contributed by atoms with van der Waals surface area (Å²) in [4.78, 5) is 12.8. The normalized spacial score (nSPS) is 10.1. The second-order valence-electron chi connectivity index (χ2n) is 4.09. The monoisotopic (exact) mass is 287 g/mol. The standard InChI is InChI=1S/C14H21NO3.ClH/c1-3-15(4-2)9-10-18-13-7-5-12(6-8-13)11-14(16)17;/h5-8H,3-4,9-11H2,1-2H3,(H,16,17);1H. The molecule has 108 valence electrons. The van der Waals surface area contributed by atoms with Crippen molar-refractivity contribution in [3.63, 3.8) is 0 Å². The molecule has 19 heavy (non-hydrogen) atoms. The molecule has 1 rings (SSSR count). The number of carboxylic acids is 1. The Hall–Kier alpha value is -1.26. The molecule has 0 atom stereocenters. The van der Waals surface area contributed by atoms with Gasteiger partial charge >= 0.3 is 5.97 Å². The molecule has 0 fully saturated rings. The number of aliphatic carboxylic acids is 1. The molecule has 0 aliphatic rings. The molecule has 1 aromatic carbocycles. The van der Waals surface area contributed by atoms with Crippen LogP contribution in [0.25, 0.3) is 0 Å². The van der Waals surface area contributed by atoms with Gasteiger partial charge in [0.1, 0.15) is 12.4 Å². The molecule has 0 aliphatic heterocycles. The molecule has 0 bridgehead atoms. The van der Waals surface area contributed by atoms with Gasteiger partial charge in [0.25, 0.3) is 0 Å². The van der Waals surface area contributed by atoms with Crippen molar-refractivity contribution < 1.29 is 14.6 Å². The summed E-state index contributed by atoms with van der Waals surface area (Å²) in [6.07, 6.45) is 0.0553. The van der Waals surface area contributed by atoms with Crippen LogP contribution in [0, 0.1) is 0 Å². The van der Waals surface area contributed by atoms with Gasteiger partial charge in [0.2, 0.25) is 0 Å². The summed E-state index contributed by atoms with van der Waals surface area (Å²) in [5, 5.41) is 8.66. The maximum Gasteiger partial charge on any atom is 0.307 e. The minimum Gasteiger partial charge on any atom is -0.492 e. The van der Waals surface area contributed by atoms with Gasteiger partial charge in [-0.25, -0.2) is 0 Å². The van der Waals surface area contributed by atoms with Crippen molar-refractivity contribution in [1.82, 2.24) is 4.90 Å². The number of nitrogens with zero attached hydrogens (tertiary/aromatic N) is 1. The number of carbonyl (C=O) groups is 1. The summed E-state index contributed by atoms with van der Waals surface area (Å²) in [6.45, 7) is 7.87. The summed E-state index contributed by atoms with van der Waals surface area (Å²) in [5.41, 5.74) is 0.790. The fourth-order valence-corrected chi connectivity index (χ4v) is 1.71. The third-order valence-electron chi connectivity index (χ3n) is 2.85. The molecule has 4 nitrogen and oxygen atoms in total. The highest BCUT2D eigenvalue weighted by molar-refractivity contribution is 5.85. The summed E-state index contributed by atoms with van der Waals surface area (Å²) in [5.74, 6) is -0.0264. The van der Waals surface area contributed by atoms with E-state index in [-0.39, 0.29) is 18.8 Å². The average Bonchev–Trinajstić information content (AvgIpc) is 2.36. The van der Waals surface area contributed by atoms with Crippen LogP contribution >= 0.6 is 12.4 Å². The second-order valence-corrected chi connectivity index (χ2v) is 4.09.